The fourth-order valence-electron chi connectivity index (χ4n) is 5.60. The molecule has 0 bridgehead atoms. The molecule has 1 aromatic carbocycles. The molecule has 4 rings (SSSR count). The van der Waals surface area contributed by atoms with Gasteiger partial charge >= 0.3 is 0 Å². The van der Waals surface area contributed by atoms with Gasteiger partial charge in [0.1, 0.15) is 17.5 Å². The summed E-state index contributed by atoms with van der Waals surface area (Å²) in [5.74, 6) is -11.5. The van der Waals surface area contributed by atoms with Gasteiger partial charge in [-0.25, -0.2) is 0 Å². The number of hydrogen-bond donors (Lipinski definition) is 4. The van der Waals surface area contributed by atoms with Crippen molar-refractivity contribution in [3.05, 3.63) is 28.8 Å². The molecule has 0 saturated heterocycles. The number of aromatic hydroxyl groups is 1. The van der Waals surface area contributed by atoms with E-state index in [-0.39, 0.29) is 17.5 Å². The number of aliphatic hydroxyl groups is 2. The third-order valence-electron chi connectivity index (χ3n) is 7.37. The Kier molecular flexibility index (Phi) is 4.42. The molecule has 164 valence electrons. The second kappa shape index (κ2) is 6.38. The number of rotatable bonds is 1. The predicted octanol–water partition coefficient (Wildman–Crippen LogP) is -0.659. The maximum absolute atomic E-state index is 13.5. The van der Waals surface area contributed by atoms with E-state index in [1.165, 1.54) is 19.1 Å². The summed E-state index contributed by atoms with van der Waals surface area (Å²) >= 11 is 0. The number of carbonyl (C=O) groups is 5. The summed E-state index contributed by atoms with van der Waals surface area (Å²) in [5.41, 5.74) is 1.60. The molecule has 5 unspecified atom stereocenters. The van der Waals surface area contributed by atoms with Crippen LogP contribution in [0, 0.1) is 30.6 Å². The smallest absolute Gasteiger partial charge is 0.190 e. The third kappa shape index (κ3) is 2.45. The monoisotopic (exact) mass is 429 g/mol. The number of Topliss-reactive ketones (excluding diaryl/α,β-unsaturated/α-hetero) is 5. The first-order valence-corrected chi connectivity index (χ1v) is 9.98. The molecule has 7 atom stereocenters. The van der Waals surface area contributed by atoms with Crippen molar-refractivity contribution in [3.8, 4) is 5.75 Å². The van der Waals surface area contributed by atoms with Crippen molar-refractivity contribution in [2.45, 2.75) is 44.4 Å². The number of aryl methyl sites for hydroxylation is 1. The van der Waals surface area contributed by atoms with Gasteiger partial charge in [0.2, 0.25) is 0 Å². The minimum Gasteiger partial charge on any atom is -0.507 e. The molecule has 31 heavy (non-hydrogen) atoms. The first kappa shape index (κ1) is 21.5. The van der Waals surface area contributed by atoms with Gasteiger partial charge in [-0.1, -0.05) is 12.1 Å². The van der Waals surface area contributed by atoms with Crippen molar-refractivity contribution in [2.24, 2.45) is 29.4 Å². The largest absolute Gasteiger partial charge is 0.507 e. The summed E-state index contributed by atoms with van der Waals surface area (Å²) < 4.78 is 0. The van der Waals surface area contributed by atoms with Crippen LogP contribution in [-0.2, 0) is 24.8 Å². The molecule has 2 fully saturated rings. The third-order valence-corrected chi connectivity index (χ3v) is 7.37. The Hall–Kier alpha value is -2.75. The van der Waals surface area contributed by atoms with E-state index in [0.717, 1.165) is 6.92 Å². The molecular weight excluding hydrogens is 406 g/mol. The van der Waals surface area contributed by atoms with Gasteiger partial charge in [0.15, 0.2) is 28.7 Å². The maximum Gasteiger partial charge on any atom is 0.190 e. The Morgan fingerprint density at radius 2 is 1.71 bits per heavy atom. The van der Waals surface area contributed by atoms with E-state index in [1.54, 1.807) is 6.92 Å². The number of nitrogens with two attached hydrogens (primary N) is 1. The highest BCUT2D eigenvalue weighted by molar-refractivity contribution is 6.32. The summed E-state index contributed by atoms with van der Waals surface area (Å²) in [7, 11) is 0. The number of hydrogen-bond acceptors (Lipinski definition) is 9. The number of benzene rings is 1. The fraction of sp³-hybridized carbons (Fsp3) is 0.500. The van der Waals surface area contributed by atoms with Gasteiger partial charge in [-0.15, -0.1) is 0 Å². The Balaban J connectivity index is 1.93. The zero-order valence-electron chi connectivity index (χ0n) is 17.2. The molecule has 3 aliphatic carbocycles. The SMILES string of the molecule is CC(=O)C1C(=O)[C@H](N)C2CC3C(C(=O)c4c(ccc(C)c4O)C3(C)O)C(=O)[C@]2(O)C1=O. The van der Waals surface area contributed by atoms with Crippen molar-refractivity contribution < 1.29 is 39.3 Å². The number of fused-ring (bicyclic) bond motifs is 3. The fourth-order valence-corrected chi connectivity index (χ4v) is 5.60. The molecule has 0 amide bonds. The topological polar surface area (TPSA) is 172 Å². The van der Waals surface area contributed by atoms with Gasteiger partial charge in [-0.2, -0.15) is 0 Å². The number of phenols is 1. The predicted molar refractivity (Wildman–Crippen MR) is 104 cm³/mol. The van der Waals surface area contributed by atoms with Gasteiger partial charge in [0.05, 0.1) is 23.1 Å². The van der Waals surface area contributed by atoms with E-state index in [0.29, 0.717) is 5.56 Å². The van der Waals surface area contributed by atoms with E-state index in [1.807, 2.05) is 0 Å². The summed E-state index contributed by atoms with van der Waals surface area (Å²) in [6.07, 6.45) is -0.275. The minimum absolute atomic E-state index is 0.115. The molecule has 0 aliphatic heterocycles. The molecule has 2 saturated carbocycles. The lowest BCUT2D eigenvalue weighted by Crippen LogP contribution is -2.74. The lowest BCUT2D eigenvalue weighted by Gasteiger charge is -2.54. The summed E-state index contributed by atoms with van der Waals surface area (Å²) in [6.45, 7) is 3.90. The summed E-state index contributed by atoms with van der Waals surface area (Å²) in [6, 6.07) is 1.50. The highest BCUT2D eigenvalue weighted by Gasteiger charge is 2.70. The van der Waals surface area contributed by atoms with Gasteiger partial charge < -0.3 is 21.1 Å². The van der Waals surface area contributed by atoms with Crippen molar-refractivity contribution in [2.75, 3.05) is 0 Å². The molecule has 0 radical (unpaired) electrons. The second-order valence-electron chi connectivity index (χ2n) is 9.06. The lowest BCUT2D eigenvalue weighted by atomic mass is 9.50. The molecule has 9 heteroatoms. The Bertz CT molecular complexity index is 1090. The quantitative estimate of drug-likeness (QED) is 0.423. The molecular formula is C22H23NO8. The van der Waals surface area contributed by atoms with Crippen LogP contribution in [-0.4, -0.2) is 55.9 Å². The molecule has 3 aliphatic rings. The van der Waals surface area contributed by atoms with Crippen LogP contribution in [0.1, 0.15) is 41.8 Å². The highest BCUT2D eigenvalue weighted by Crippen LogP contribution is 2.55. The van der Waals surface area contributed by atoms with Crippen molar-refractivity contribution in [1.29, 1.82) is 0 Å². The first-order chi connectivity index (χ1) is 14.3. The number of phenolic OH excluding ortho intramolecular Hbond substituents is 1. The van der Waals surface area contributed by atoms with Crippen LogP contribution in [0.15, 0.2) is 12.1 Å². The van der Waals surface area contributed by atoms with E-state index in [4.69, 9.17) is 5.73 Å². The van der Waals surface area contributed by atoms with Crippen molar-refractivity contribution in [3.63, 3.8) is 0 Å². The molecule has 0 aromatic heterocycles. The van der Waals surface area contributed by atoms with E-state index >= 15 is 0 Å². The zero-order valence-corrected chi connectivity index (χ0v) is 17.2. The van der Waals surface area contributed by atoms with Gasteiger partial charge in [-0.05, 0) is 38.3 Å². The highest BCUT2D eigenvalue weighted by atomic mass is 16.3. The van der Waals surface area contributed by atoms with Crippen LogP contribution in [0.4, 0.5) is 0 Å². The Morgan fingerprint density at radius 3 is 2.29 bits per heavy atom. The summed E-state index contributed by atoms with van der Waals surface area (Å²) in [5, 5.41) is 33.1. The van der Waals surface area contributed by atoms with Crippen LogP contribution >= 0.6 is 0 Å². The molecule has 9 nitrogen and oxygen atoms in total. The minimum atomic E-state index is -2.81. The van der Waals surface area contributed by atoms with E-state index < -0.39 is 75.6 Å². The normalized spacial score (nSPS) is 39.6. The average Bonchev–Trinajstić information content (AvgIpc) is 2.68. The molecule has 0 spiro atoms. The zero-order chi connectivity index (χ0) is 23.2. The van der Waals surface area contributed by atoms with Crippen LogP contribution in [0.5, 0.6) is 5.75 Å². The molecule has 1 aromatic rings. The van der Waals surface area contributed by atoms with Crippen LogP contribution in [0.3, 0.4) is 0 Å². The van der Waals surface area contributed by atoms with Crippen LogP contribution in [0.2, 0.25) is 0 Å². The number of carbonyl (C=O) groups excluding carboxylic acids is 5. The van der Waals surface area contributed by atoms with Crippen LogP contribution < -0.4 is 5.73 Å². The van der Waals surface area contributed by atoms with Gasteiger partial charge in [0.25, 0.3) is 0 Å². The standard InChI is InChI=1S/C22H23NO8/c1-7-4-5-9-13(16(7)25)17(26)14-10(21(9,3)30)6-11-15(23)18(27)12(8(2)24)19(28)22(11,31)20(14)29/h4-5,10-12,14-15,25,30-31H,6,23H2,1-3H3/t10?,11?,12?,14?,15-,21?,22-/m1/s1. The van der Waals surface area contributed by atoms with Gasteiger partial charge in [0, 0.05) is 11.8 Å². The molecule has 5 N–H and O–H groups in total. The second-order valence-corrected chi connectivity index (χ2v) is 9.06. The Morgan fingerprint density at radius 1 is 1.10 bits per heavy atom. The lowest BCUT2D eigenvalue weighted by molar-refractivity contribution is -0.184. The maximum atomic E-state index is 13.5. The average molecular weight is 429 g/mol. The van der Waals surface area contributed by atoms with E-state index in [2.05, 4.69) is 0 Å². The first-order valence-electron chi connectivity index (χ1n) is 9.98. The van der Waals surface area contributed by atoms with E-state index in [9.17, 15) is 39.3 Å². The van der Waals surface area contributed by atoms with Crippen LogP contribution in [0.25, 0.3) is 0 Å². The van der Waals surface area contributed by atoms with Crippen molar-refractivity contribution >= 4 is 28.9 Å². The number of ketones is 5. The van der Waals surface area contributed by atoms with Crippen molar-refractivity contribution in [1.82, 2.24) is 0 Å². The molecule has 0 heterocycles. The Labute approximate surface area is 177 Å². The summed E-state index contributed by atoms with van der Waals surface area (Å²) in [4.78, 5) is 64.3. The van der Waals surface area contributed by atoms with Gasteiger partial charge in [-0.3, -0.25) is 24.0 Å².